The van der Waals surface area contributed by atoms with Crippen molar-refractivity contribution < 1.29 is 9.84 Å². The van der Waals surface area contributed by atoms with Crippen molar-refractivity contribution in [2.45, 2.75) is 104 Å². The van der Waals surface area contributed by atoms with Crippen molar-refractivity contribution in [1.82, 2.24) is 0 Å². The fourth-order valence-electron chi connectivity index (χ4n) is 9.09. The molecule has 0 aromatic rings. The number of allylic oxidation sites excluding steroid dienone is 2. The van der Waals surface area contributed by atoms with Crippen LogP contribution in [0.1, 0.15) is 97.8 Å². The third kappa shape index (κ3) is 3.22. The predicted molar refractivity (Wildman–Crippen MR) is 118 cm³/mol. The highest BCUT2D eigenvalue weighted by Crippen LogP contribution is 2.69. The molecular formula is C27H44O2. The van der Waals surface area contributed by atoms with Crippen LogP contribution in [0.25, 0.3) is 0 Å². The molecule has 2 heteroatoms. The van der Waals surface area contributed by atoms with Crippen molar-refractivity contribution in [3.63, 3.8) is 0 Å². The summed E-state index contributed by atoms with van der Waals surface area (Å²) < 4.78 is 6.57. The first-order chi connectivity index (χ1) is 14.0. The van der Waals surface area contributed by atoms with Gasteiger partial charge in [-0.25, -0.2) is 0 Å². The van der Waals surface area contributed by atoms with Crippen LogP contribution in [0.4, 0.5) is 0 Å². The van der Waals surface area contributed by atoms with Crippen molar-refractivity contribution in [2.75, 3.05) is 6.61 Å². The normalized spacial score (nSPS) is 51.0. The number of ether oxygens (including phenoxy) is 1. The molecule has 4 saturated carbocycles. The van der Waals surface area contributed by atoms with E-state index in [-0.39, 0.29) is 0 Å². The second kappa shape index (κ2) is 7.57. The molecule has 4 aliphatic carbocycles. The molecule has 5 rings (SSSR count). The molecule has 1 saturated heterocycles. The molecule has 0 spiro atoms. The van der Waals surface area contributed by atoms with Crippen LogP contribution in [0.2, 0.25) is 0 Å². The lowest BCUT2D eigenvalue weighted by atomic mass is 9.45. The van der Waals surface area contributed by atoms with Crippen LogP contribution in [0.15, 0.2) is 11.8 Å². The second-order valence-corrected chi connectivity index (χ2v) is 12.2. The van der Waals surface area contributed by atoms with Crippen LogP contribution < -0.4 is 0 Å². The smallest absolute Gasteiger partial charge is 0.102 e. The zero-order valence-corrected chi connectivity index (χ0v) is 19.2. The largest absolute Gasteiger partial charge is 0.495 e. The highest BCUT2D eigenvalue weighted by molar-refractivity contribution is 5.16. The maximum Gasteiger partial charge on any atom is 0.102 e. The summed E-state index contributed by atoms with van der Waals surface area (Å²) >= 11 is 0. The average Bonchev–Trinajstić information content (AvgIpc) is 3.24. The molecule has 5 unspecified atom stereocenters. The lowest BCUT2D eigenvalue weighted by Crippen LogP contribution is -2.52. The molecule has 9 atom stereocenters. The Hall–Kier alpha value is -0.500. The van der Waals surface area contributed by atoms with Gasteiger partial charge in [-0.3, -0.25) is 0 Å². The van der Waals surface area contributed by atoms with Gasteiger partial charge in [-0.05, 0) is 104 Å². The Balaban J connectivity index is 1.29. The molecular weight excluding hydrogens is 356 g/mol. The summed E-state index contributed by atoms with van der Waals surface area (Å²) in [4.78, 5) is 0. The van der Waals surface area contributed by atoms with Crippen LogP contribution in [0.3, 0.4) is 0 Å². The third-order valence-corrected chi connectivity index (χ3v) is 10.9. The zero-order valence-electron chi connectivity index (χ0n) is 19.2. The molecule has 1 N–H and O–H groups in total. The Kier molecular flexibility index (Phi) is 5.33. The van der Waals surface area contributed by atoms with E-state index in [2.05, 4.69) is 26.8 Å². The Morgan fingerprint density at radius 2 is 1.90 bits per heavy atom. The molecule has 0 radical (unpaired) electrons. The van der Waals surface area contributed by atoms with Gasteiger partial charge >= 0.3 is 0 Å². The van der Waals surface area contributed by atoms with E-state index in [0.29, 0.717) is 29.5 Å². The first-order valence-electron chi connectivity index (χ1n) is 12.9. The first-order valence-corrected chi connectivity index (χ1v) is 12.9. The number of hydrogen-bond acceptors (Lipinski definition) is 2. The summed E-state index contributed by atoms with van der Waals surface area (Å²) in [6, 6.07) is 0. The fraction of sp³-hybridized carbons (Fsp3) is 0.926. The van der Waals surface area contributed by atoms with Crippen molar-refractivity contribution in [2.24, 2.45) is 46.3 Å². The van der Waals surface area contributed by atoms with Crippen LogP contribution >= 0.6 is 0 Å². The SMILES string of the molecule is CC(CO)CCC=C1CC2C(CC3[C@@H]4CC[C@@H]5CCCC[C@]5(C)C4CC[C@]23C)O1. The molecule has 164 valence electrons. The number of fused-ring (bicyclic) bond motifs is 7. The van der Waals surface area contributed by atoms with E-state index in [1.807, 2.05) is 0 Å². The highest BCUT2D eigenvalue weighted by Gasteiger charge is 2.63. The molecule has 5 fully saturated rings. The topological polar surface area (TPSA) is 29.5 Å². The maximum atomic E-state index is 9.25. The van der Waals surface area contributed by atoms with Gasteiger partial charge < -0.3 is 9.84 Å². The minimum absolute atomic E-state index is 0.303. The average molecular weight is 401 g/mol. The Morgan fingerprint density at radius 1 is 1.03 bits per heavy atom. The lowest BCUT2D eigenvalue weighted by molar-refractivity contribution is -0.110. The van der Waals surface area contributed by atoms with Crippen LogP contribution in [-0.2, 0) is 4.74 Å². The molecule has 0 aromatic carbocycles. The quantitative estimate of drug-likeness (QED) is 0.567. The monoisotopic (exact) mass is 400 g/mol. The van der Waals surface area contributed by atoms with E-state index in [9.17, 15) is 5.11 Å². The van der Waals surface area contributed by atoms with Gasteiger partial charge in [0.1, 0.15) is 6.10 Å². The number of rotatable bonds is 4. The molecule has 29 heavy (non-hydrogen) atoms. The van der Waals surface area contributed by atoms with Crippen LogP contribution in [-0.4, -0.2) is 17.8 Å². The van der Waals surface area contributed by atoms with Crippen molar-refractivity contribution >= 4 is 0 Å². The molecule has 0 bridgehead atoms. The summed E-state index contributed by atoms with van der Waals surface area (Å²) in [5, 5.41) is 9.25. The van der Waals surface area contributed by atoms with E-state index in [1.165, 1.54) is 70.0 Å². The first kappa shape index (κ1) is 20.4. The van der Waals surface area contributed by atoms with Gasteiger partial charge in [-0.15, -0.1) is 0 Å². The second-order valence-electron chi connectivity index (χ2n) is 12.2. The van der Waals surface area contributed by atoms with Crippen molar-refractivity contribution in [1.29, 1.82) is 0 Å². The molecule has 1 heterocycles. The molecule has 1 aliphatic heterocycles. The van der Waals surface area contributed by atoms with E-state index in [4.69, 9.17) is 4.74 Å². The van der Waals surface area contributed by atoms with E-state index < -0.39 is 0 Å². The van der Waals surface area contributed by atoms with Gasteiger partial charge in [0, 0.05) is 18.9 Å². The maximum absolute atomic E-state index is 9.25. The summed E-state index contributed by atoms with van der Waals surface area (Å²) in [7, 11) is 0. The Morgan fingerprint density at radius 3 is 2.72 bits per heavy atom. The van der Waals surface area contributed by atoms with E-state index in [1.54, 1.807) is 0 Å². The third-order valence-electron chi connectivity index (χ3n) is 10.9. The summed E-state index contributed by atoms with van der Waals surface area (Å²) in [5.41, 5.74) is 1.16. The van der Waals surface area contributed by atoms with E-state index >= 15 is 0 Å². The Labute approximate surface area is 178 Å². The zero-order chi connectivity index (χ0) is 20.2. The predicted octanol–water partition coefficient (Wildman–Crippen LogP) is 6.73. The van der Waals surface area contributed by atoms with Gasteiger partial charge in [0.25, 0.3) is 0 Å². The van der Waals surface area contributed by atoms with Gasteiger partial charge in [0.05, 0.1) is 5.76 Å². The van der Waals surface area contributed by atoms with Gasteiger partial charge in [-0.1, -0.05) is 33.6 Å². The number of hydrogen-bond donors (Lipinski definition) is 1. The van der Waals surface area contributed by atoms with Gasteiger partial charge in [0.2, 0.25) is 0 Å². The highest BCUT2D eigenvalue weighted by atomic mass is 16.5. The van der Waals surface area contributed by atoms with E-state index in [0.717, 1.165) is 42.4 Å². The molecule has 0 amide bonds. The minimum atomic E-state index is 0.303. The summed E-state index contributed by atoms with van der Waals surface area (Å²) in [6.07, 6.45) is 19.4. The summed E-state index contributed by atoms with van der Waals surface area (Å²) in [6.45, 7) is 7.77. The molecule has 2 nitrogen and oxygen atoms in total. The van der Waals surface area contributed by atoms with Crippen LogP contribution in [0.5, 0.6) is 0 Å². The van der Waals surface area contributed by atoms with Gasteiger partial charge in [0.15, 0.2) is 0 Å². The number of aliphatic hydroxyl groups excluding tert-OH is 1. The van der Waals surface area contributed by atoms with Crippen LogP contribution in [0, 0.1) is 46.3 Å². The molecule has 0 aromatic heterocycles. The Bertz CT molecular complexity index is 640. The number of aliphatic hydroxyl groups is 1. The standard InChI is InChI=1S/C27H44O2/c1-18(17-28)7-6-9-20-15-24-25(29-20)16-23-21-11-10-19-8-4-5-13-26(19,2)22(21)12-14-27(23,24)3/h9,18-19,21-25,28H,4-8,10-17H2,1-3H3/t18?,19-,21+,22?,23?,24?,25?,26-,27-/m0/s1. The van der Waals surface area contributed by atoms with Gasteiger partial charge in [-0.2, -0.15) is 0 Å². The van der Waals surface area contributed by atoms with Crippen molar-refractivity contribution in [3.05, 3.63) is 11.8 Å². The summed E-state index contributed by atoms with van der Waals surface area (Å²) in [5.74, 6) is 6.33. The fourth-order valence-corrected chi connectivity index (χ4v) is 9.09. The molecule has 5 aliphatic rings. The lowest BCUT2D eigenvalue weighted by Gasteiger charge is -2.60. The minimum Gasteiger partial charge on any atom is -0.495 e. The van der Waals surface area contributed by atoms with Crippen molar-refractivity contribution in [3.8, 4) is 0 Å².